The minimum Gasteiger partial charge on any atom is -0.323 e. The van der Waals surface area contributed by atoms with Crippen LogP contribution in [0.3, 0.4) is 0 Å². The van der Waals surface area contributed by atoms with Gasteiger partial charge in [-0.1, -0.05) is 0 Å². The Morgan fingerprint density at radius 3 is 2.54 bits per heavy atom. The number of pyridine rings is 1. The Morgan fingerprint density at radius 2 is 1.96 bits per heavy atom. The average Bonchev–Trinajstić information content (AvgIpc) is 3.14. The molecule has 3 rings (SSSR count). The van der Waals surface area contributed by atoms with Crippen LogP contribution in [-0.4, -0.2) is 34.0 Å². The highest BCUT2D eigenvalue weighted by atomic mass is 35.5. The van der Waals surface area contributed by atoms with E-state index in [-0.39, 0.29) is 35.2 Å². The molecular formula is C15H16ClF2N5O2S. The van der Waals surface area contributed by atoms with Crippen molar-refractivity contribution in [1.82, 2.24) is 23.8 Å². The quantitative estimate of drug-likeness (QED) is 0.658. The molecule has 0 atom stereocenters. The van der Waals surface area contributed by atoms with Gasteiger partial charge in [0.15, 0.2) is 5.82 Å². The molecule has 11 heteroatoms. The lowest BCUT2D eigenvalue weighted by atomic mass is 10.2. The Balaban J connectivity index is 0.00000243. The van der Waals surface area contributed by atoms with Crippen LogP contribution in [0.5, 0.6) is 0 Å². The van der Waals surface area contributed by atoms with Crippen LogP contribution < -0.4 is 5.32 Å². The van der Waals surface area contributed by atoms with Gasteiger partial charge in [-0.3, -0.25) is 0 Å². The first kappa shape index (κ1) is 20.0. The largest absolute Gasteiger partial charge is 0.323 e. The molecule has 3 heterocycles. The van der Waals surface area contributed by atoms with Gasteiger partial charge in [-0.05, 0) is 19.2 Å². The SMILES string of the molecule is CNCc1cn(S(=O)(=O)c2nccn2C)c(-c2cccnc2F)c1F.Cl. The number of nitrogens with zero attached hydrogens (tertiary/aromatic N) is 4. The van der Waals surface area contributed by atoms with E-state index in [1.54, 1.807) is 7.05 Å². The fourth-order valence-corrected chi connectivity index (χ4v) is 3.98. The highest BCUT2D eigenvalue weighted by Gasteiger charge is 2.30. The van der Waals surface area contributed by atoms with Crippen molar-refractivity contribution in [3.63, 3.8) is 0 Å². The molecule has 0 fully saturated rings. The van der Waals surface area contributed by atoms with E-state index in [9.17, 15) is 17.2 Å². The maximum Gasteiger partial charge on any atom is 0.302 e. The Bertz CT molecular complexity index is 1030. The molecule has 3 aromatic rings. The number of nitrogens with one attached hydrogen (secondary N) is 1. The van der Waals surface area contributed by atoms with Crippen LogP contribution in [0.25, 0.3) is 11.3 Å². The van der Waals surface area contributed by atoms with Gasteiger partial charge in [0, 0.05) is 43.9 Å². The Labute approximate surface area is 155 Å². The normalized spacial score (nSPS) is 11.4. The van der Waals surface area contributed by atoms with Crippen molar-refractivity contribution < 1.29 is 17.2 Å². The zero-order valence-electron chi connectivity index (χ0n) is 13.8. The number of imidazole rings is 1. The molecule has 0 aliphatic rings. The Hall–Kier alpha value is -2.30. The van der Waals surface area contributed by atoms with Crippen molar-refractivity contribution in [2.24, 2.45) is 7.05 Å². The molecule has 0 aliphatic carbocycles. The summed E-state index contributed by atoms with van der Waals surface area (Å²) in [6.45, 7) is 0.0732. The van der Waals surface area contributed by atoms with Gasteiger partial charge in [-0.2, -0.15) is 12.8 Å². The summed E-state index contributed by atoms with van der Waals surface area (Å²) in [5.74, 6) is -1.80. The Kier molecular flexibility index (Phi) is 5.79. The third-order valence-corrected chi connectivity index (χ3v) is 5.29. The summed E-state index contributed by atoms with van der Waals surface area (Å²) in [5.41, 5.74) is -0.586. The van der Waals surface area contributed by atoms with Crippen molar-refractivity contribution >= 4 is 22.4 Å². The molecule has 0 saturated carbocycles. The second-order valence-electron chi connectivity index (χ2n) is 5.31. The molecule has 0 aliphatic heterocycles. The molecule has 140 valence electrons. The lowest BCUT2D eigenvalue weighted by Crippen LogP contribution is -2.18. The maximum absolute atomic E-state index is 14.9. The maximum atomic E-state index is 14.9. The monoisotopic (exact) mass is 403 g/mol. The van der Waals surface area contributed by atoms with Gasteiger partial charge in [0.05, 0.1) is 5.56 Å². The first-order valence-electron chi connectivity index (χ1n) is 7.26. The van der Waals surface area contributed by atoms with Gasteiger partial charge in [0.25, 0.3) is 0 Å². The fraction of sp³-hybridized carbons (Fsp3) is 0.200. The van der Waals surface area contributed by atoms with E-state index >= 15 is 0 Å². The highest BCUT2D eigenvalue weighted by Crippen LogP contribution is 2.31. The lowest BCUT2D eigenvalue weighted by molar-refractivity contribution is 0.565. The summed E-state index contributed by atoms with van der Waals surface area (Å²) < 4.78 is 56.9. The molecule has 1 N–H and O–H groups in total. The van der Waals surface area contributed by atoms with Crippen LogP contribution >= 0.6 is 12.4 Å². The molecule has 0 spiro atoms. The molecule has 3 aromatic heterocycles. The van der Waals surface area contributed by atoms with Gasteiger partial charge in [-0.25, -0.2) is 18.3 Å². The number of hydrogen-bond acceptors (Lipinski definition) is 5. The van der Waals surface area contributed by atoms with Crippen LogP contribution in [0, 0.1) is 11.8 Å². The minimum absolute atomic E-state index is 0. The van der Waals surface area contributed by atoms with Crippen molar-refractivity contribution in [2.45, 2.75) is 11.7 Å². The molecule has 26 heavy (non-hydrogen) atoms. The predicted molar refractivity (Wildman–Crippen MR) is 93.4 cm³/mol. The van der Waals surface area contributed by atoms with Crippen LogP contribution in [0.4, 0.5) is 8.78 Å². The predicted octanol–water partition coefficient (Wildman–Crippen LogP) is 1.94. The molecule has 0 aromatic carbocycles. The zero-order valence-corrected chi connectivity index (χ0v) is 15.5. The summed E-state index contributed by atoms with van der Waals surface area (Å²) in [6, 6.07) is 2.68. The van der Waals surface area contributed by atoms with Gasteiger partial charge in [-0.15, -0.1) is 12.4 Å². The smallest absolute Gasteiger partial charge is 0.302 e. The van der Waals surface area contributed by atoms with E-state index in [2.05, 4.69) is 15.3 Å². The number of halogens is 3. The fourth-order valence-electron chi connectivity index (χ4n) is 2.50. The van der Waals surface area contributed by atoms with Crippen LogP contribution in [0.1, 0.15) is 5.56 Å². The third-order valence-electron chi connectivity index (χ3n) is 3.63. The highest BCUT2D eigenvalue weighted by molar-refractivity contribution is 7.89. The summed E-state index contributed by atoms with van der Waals surface area (Å²) in [5, 5.41) is 2.46. The van der Waals surface area contributed by atoms with Crippen molar-refractivity contribution in [1.29, 1.82) is 0 Å². The van der Waals surface area contributed by atoms with E-state index in [4.69, 9.17) is 0 Å². The van der Waals surface area contributed by atoms with Crippen LogP contribution in [0.15, 0.2) is 42.1 Å². The van der Waals surface area contributed by atoms with E-state index in [0.29, 0.717) is 3.97 Å². The first-order valence-corrected chi connectivity index (χ1v) is 8.70. The van der Waals surface area contributed by atoms with E-state index in [0.717, 1.165) is 6.20 Å². The molecule has 0 radical (unpaired) electrons. The zero-order chi connectivity index (χ0) is 18.2. The molecule has 7 nitrogen and oxygen atoms in total. The summed E-state index contributed by atoms with van der Waals surface area (Å²) >= 11 is 0. The number of hydrogen-bond donors (Lipinski definition) is 1. The molecule has 0 amide bonds. The standard InChI is InChI=1S/C15H15F2N5O2S.ClH/c1-18-8-10-9-22(25(23,24)15-20-6-7-21(15)2)13(12(10)16)11-4-3-5-19-14(11)17;/h3-7,9,18H,8H2,1-2H3;1H. The van der Waals surface area contributed by atoms with Gasteiger partial charge < -0.3 is 9.88 Å². The van der Waals surface area contributed by atoms with E-state index < -0.39 is 27.5 Å². The topological polar surface area (TPSA) is 81.8 Å². The summed E-state index contributed by atoms with van der Waals surface area (Å²) in [7, 11) is -1.15. The lowest BCUT2D eigenvalue weighted by Gasteiger charge is -2.10. The van der Waals surface area contributed by atoms with Gasteiger partial charge in [0.2, 0.25) is 11.1 Å². The van der Waals surface area contributed by atoms with E-state index in [1.165, 1.54) is 42.3 Å². The third kappa shape index (κ3) is 3.22. The summed E-state index contributed by atoms with van der Waals surface area (Å²) in [6.07, 6.45) is 5.08. The molecule has 0 unspecified atom stereocenters. The minimum atomic E-state index is -4.24. The Morgan fingerprint density at radius 1 is 1.23 bits per heavy atom. The number of rotatable bonds is 5. The van der Waals surface area contributed by atoms with Crippen LogP contribution in [0.2, 0.25) is 0 Å². The van der Waals surface area contributed by atoms with E-state index in [1.807, 2.05) is 0 Å². The molecule has 0 saturated heterocycles. The van der Waals surface area contributed by atoms with Crippen molar-refractivity contribution in [3.8, 4) is 11.3 Å². The number of aromatic nitrogens is 4. The van der Waals surface area contributed by atoms with Gasteiger partial charge in [0.1, 0.15) is 5.69 Å². The first-order chi connectivity index (χ1) is 11.9. The van der Waals surface area contributed by atoms with Crippen LogP contribution in [-0.2, 0) is 23.6 Å². The number of aryl methyl sites for hydroxylation is 1. The molecule has 0 bridgehead atoms. The second kappa shape index (κ2) is 7.52. The average molecular weight is 404 g/mol. The van der Waals surface area contributed by atoms with Gasteiger partial charge >= 0.3 is 10.0 Å². The van der Waals surface area contributed by atoms with Crippen molar-refractivity contribution in [3.05, 3.63) is 54.2 Å². The molecular weight excluding hydrogens is 388 g/mol. The summed E-state index contributed by atoms with van der Waals surface area (Å²) in [4.78, 5) is 7.29. The van der Waals surface area contributed by atoms with Crippen molar-refractivity contribution in [2.75, 3.05) is 7.05 Å². The second-order valence-corrected chi connectivity index (χ2v) is 7.02.